The molecule has 1 aliphatic carbocycles. The van der Waals surface area contributed by atoms with Gasteiger partial charge in [0, 0.05) is 16.8 Å². The van der Waals surface area contributed by atoms with Gasteiger partial charge in [-0.1, -0.05) is 6.92 Å². The summed E-state index contributed by atoms with van der Waals surface area (Å²) in [5, 5.41) is 13.0. The Bertz CT molecular complexity index is 980. The molecule has 2 N–H and O–H groups in total. The molecule has 0 radical (unpaired) electrons. The highest BCUT2D eigenvalue weighted by atomic mass is 16.5. The fraction of sp³-hybridized carbons (Fsp3) is 0.417. The van der Waals surface area contributed by atoms with E-state index in [1.54, 1.807) is 19.1 Å². The third kappa shape index (κ3) is 4.42. The number of ether oxygens (including phenoxy) is 2. The number of nitrogens with one attached hydrogen (secondary N) is 1. The minimum absolute atomic E-state index is 0.253. The van der Waals surface area contributed by atoms with Gasteiger partial charge >= 0.3 is 5.97 Å². The summed E-state index contributed by atoms with van der Waals surface area (Å²) < 4.78 is 11.2. The number of hydrogen-bond acceptors (Lipinski definition) is 5. The molecule has 160 valence electrons. The fourth-order valence-corrected chi connectivity index (χ4v) is 4.08. The van der Waals surface area contributed by atoms with Crippen molar-refractivity contribution >= 4 is 17.6 Å². The van der Waals surface area contributed by atoms with Gasteiger partial charge in [0.25, 0.3) is 0 Å². The molecular weight excluding hydrogens is 382 g/mol. The molecule has 30 heavy (non-hydrogen) atoms. The largest absolute Gasteiger partial charge is 0.508 e. The molecule has 6 nitrogen and oxygen atoms in total. The minimum Gasteiger partial charge on any atom is -0.508 e. The summed E-state index contributed by atoms with van der Waals surface area (Å²) in [5.41, 5.74) is 5.60. The lowest BCUT2D eigenvalue weighted by Gasteiger charge is -2.19. The Labute approximate surface area is 177 Å². The predicted molar refractivity (Wildman–Crippen MR) is 115 cm³/mol. The molecule has 1 amide bonds. The molecule has 3 rings (SSSR count). The number of phenols is 1. The fourth-order valence-electron chi connectivity index (χ4n) is 4.08. The van der Waals surface area contributed by atoms with Crippen molar-refractivity contribution in [3.05, 3.63) is 46.0 Å². The van der Waals surface area contributed by atoms with E-state index in [4.69, 9.17) is 9.47 Å². The van der Waals surface area contributed by atoms with Gasteiger partial charge in [-0.2, -0.15) is 0 Å². The Balaban J connectivity index is 1.90. The number of aromatic hydroxyl groups is 1. The topological polar surface area (TPSA) is 84.9 Å². The van der Waals surface area contributed by atoms with Gasteiger partial charge in [0.15, 0.2) is 0 Å². The van der Waals surface area contributed by atoms with Crippen molar-refractivity contribution in [1.29, 1.82) is 0 Å². The van der Waals surface area contributed by atoms with Crippen LogP contribution in [0.3, 0.4) is 0 Å². The molecule has 0 fully saturated rings. The number of esters is 1. The van der Waals surface area contributed by atoms with Gasteiger partial charge in [0.05, 0.1) is 6.61 Å². The summed E-state index contributed by atoms with van der Waals surface area (Å²) in [7, 11) is 0. The number of aryl methyl sites for hydroxylation is 1. The van der Waals surface area contributed by atoms with Crippen LogP contribution >= 0.6 is 0 Å². The third-order valence-corrected chi connectivity index (χ3v) is 5.51. The van der Waals surface area contributed by atoms with Crippen molar-refractivity contribution in [3.63, 3.8) is 0 Å². The molecule has 0 atom stereocenters. The first-order valence-electron chi connectivity index (χ1n) is 10.5. The Morgan fingerprint density at radius 2 is 1.87 bits per heavy atom. The Morgan fingerprint density at radius 1 is 1.13 bits per heavy atom. The normalized spacial score (nSPS) is 12.4. The van der Waals surface area contributed by atoms with E-state index in [0.29, 0.717) is 0 Å². The zero-order valence-corrected chi connectivity index (χ0v) is 18.1. The number of carbonyl (C=O) groups is 2. The van der Waals surface area contributed by atoms with Crippen LogP contribution in [0.1, 0.15) is 54.5 Å². The lowest BCUT2D eigenvalue weighted by molar-refractivity contribution is -0.145. The molecule has 0 aliphatic heterocycles. The minimum atomic E-state index is -0.530. The number of hydrogen-bond donors (Lipinski definition) is 2. The van der Waals surface area contributed by atoms with Crippen molar-refractivity contribution in [1.82, 2.24) is 0 Å². The molecule has 2 aromatic rings. The van der Waals surface area contributed by atoms with Crippen molar-refractivity contribution in [2.24, 2.45) is 0 Å². The van der Waals surface area contributed by atoms with E-state index in [0.717, 1.165) is 70.7 Å². The lowest BCUT2D eigenvalue weighted by atomic mass is 10.0. The SMILES string of the molecule is CCOC(=O)CC(=O)Nc1cc(C)c(Oc2ccc(O)c(CC)c2C)c2c1CCC2. The summed E-state index contributed by atoms with van der Waals surface area (Å²) in [5.74, 6) is 0.905. The average molecular weight is 411 g/mol. The highest BCUT2D eigenvalue weighted by Gasteiger charge is 2.24. The Morgan fingerprint density at radius 3 is 2.57 bits per heavy atom. The highest BCUT2D eigenvalue weighted by molar-refractivity contribution is 6.02. The zero-order valence-electron chi connectivity index (χ0n) is 18.1. The van der Waals surface area contributed by atoms with Crippen molar-refractivity contribution in [2.75, 3.05) is 11.9 Å². The predicted octanol–water partition coefficient (Wildman–Crippen LogP) is 4.74. The van der Waals surface area contributed by atoms with Crippen LogP contribution in [-0.4, -0.2) is 23.6 Å². The average Bonchev–Trinajstić information content (AvgIpc) is 3.17. The van der Waals surface area contributed by atoms with E-state index < -0.39 is 5.97 Å². The first-order chi connectivity index (χ1) is 14.3. The zero-order chi connectivity index (χ0) is 21.8. The number of carbonyl (C=O) groups excluding carboxylic acids is 2. The number of benzene rings is 2. The summed E-state index contributed by atoms with van der Waals surface area (Å²) in [6, 6.07) is 5.36. The highest BCUT2D eigenvalue weighted by Crippen LogP contribution is 2.42. The molecule has 0 unspecified atom stereocenters. The van der Waals surface area contributed by atoms with Crippen LogP contribution in [-0.2, 0) is 33.6 Å². The molecule has 0 heterocycles. The van der Waals surface area contributed by atoms with Gasteiger partial charge in [0.2, 0.25) is 5.91 Å². The monoisotopic (exact) mass is 411 g/mol. The van der Waals surface area contributed by atoms with Crippen molar-refractivity contribution < 1.29 is 24.2 Å². The standard InChI is InChI=1S/C24H29NO5/c1-5-16-15(4)21(11-10-20(16)26)30-24-14(3)12-19(17-8-7-9-18(17)24)25-22(27)13-23(28)29-6-2/h10-12,26H,5-9,13H2,1-4H3,(H,25,27). The van der Waals surface area contributed by atoms with Crippen molar-refractivity contribution in [2.45, 2.75) is 59.8 Å². The van der Waals surface area contributed by atoms with Crippen molar-refractivity contribution in [3.8, 4) is 17.2 Å². The molecule has 0 aromatic heterocycles. The molecule has 1 aliphatic rings. The number of anilines is 1. The van der Waals surface area contributed by atoms with Gasteiger partial charge in [0.1, 0.15) is 23.7 Å². The first-order valence-corrected chi connectivity index (χ1v) is 10.5. The maximum atomic E-state index is 12.3. The van der Waals surface area contributed by atoms with Gasteiger partial charge in [-0.3, -0.25) is 9.59 Å². The Hall–Kier alpha value is -3.02. The second kappa shape index (κ2) is 9.20. The van der Waals surface area contributed by atoms with Crippen LogP contribution in [0.15, 0.2) is 18.2 Å². The molecule has 0 saturated carbocycles. The lowest BCUT2D eigenvalue weighted by Crippen LogP contribution is -2.19. The van der Waals surface area contributed by atoms with E-state index in [-0.39, 0.29) is 24.7 Å². The molecular formula is C24H29NO5. The van der Waals surface area contributed by atoms with Crippen LogP contribution in [0.5, 0.6) is 17.2 Å². The van der Waals surface area contributed by atoms with E-state index in [1.165, 1.54) is 0 Å². The number of phenolic OH excluding ortho intramolecular Hbond substituents is 1. The van der Waals surface area contributed by atoms with Crippen LogP contribution < -0.4 is 10.1 Å². The van der Waals surface area contributed by atoms with Gasteiger partial charge in [-0.25, -0.2) is 0 Å². The number of fused-ring (bicyclic) bond motifs is 1. The van der Waals surface area contributed by atoms with Gasteiger partial charge in [-0.05, 0) is 81.3 Å². The second-order valence-corrected chi connectivity index (χ2v) is 7.55. The summed E-state index contributed by atoms with van der Waals surface area (Å²) in [6.45, 7) is 7.87. The van der Waals surface area contributed by atoms with Gasteiger partial charge < -0.3 is 19.9 Å². The van der Waals surface area contributed by atoms with E-state index in [9.17, 15) is 14.7 Å². The summed E-state index contributed by atoms with van der Waals surface area (Å²) in [6.07, 6.45) is 3.11. The van der Waals surface area contributed by atoms with E-state index in [2.05, 4.69) is 5.32 Å². The summed E-state index contributed by atoms with van der Waals surface area (Å²) in [4.78, 5) is 23.9. The quantitative estimate of drug-likeness (QED) is 0.508. The van der Waals surface area contributed by atoms with Crippen LogP contribution in [0.2, 0.25) is 0 Å². The maximum absolute atomic E-state index is 12.3. The number of amides is 1. The van der Waals surface area contributed by atoms with E-state index in [1.807, 2.05) is 26.8 Å². The Kier molecular flexibility index (Phi) is 6.65. The van der Waals surface area contributed by atoms with Crippen LogP contribution in [0.25, 0.3) is 0 Å². The maximum Gasteiger partial charge on any atom is 0.315 e. The second-order valence-electron chi connectivity index (χ2n) is 7.55. The van der Waals surface area contributed by atoms with Gasteiger partial charge in [-0.15, -0.1) is 0 Å². The number of rotatable bonds is 7. The van der Waals surface area contributed by atoms with Crippen LogP contribution in [0, 0.1) is 13.8 Å². The summed E-state index contributed by atoms with van der Waals surface area (Å²) >= 11 is 0. The molecule has 0 spiro atoms. The third-order valence-electron chi connectivity index (χ3n) is 5.51. The molecule has 2 aromatic carbocycles. The smallest absolute Gasteiger partial charge is 0.315 e. The first kappa shape index (κ1) is 21.7. The van der Waals surface area contributed by atoms with Crippen LogP contribution in [0.4, 0.5) is 5.69 Å². The molecule has 6 heteroatoms. The molecule has 0 bridgehead atoms. The van der Waals surface area contributed by atoms with E-state index >= 15 is 0 Å². The molecule has 0 saturated heterocycles.